The highest BCUT2D eigenvalue weighted by Gasteiger charge is 2.29. The Kier molecular flexibility index (Phi) is 5.17. The molecular formula is C10H23N3O2S. The predicted octanol–water partition coefficient (Wildman–Crippen LogP) is 0.303. The van der Waals surface area contributed by atoms with Gasteiger partial charge in [-0.1, -0.05) is 6.92 Å². The van der Waals surface area contributed by atoms with E-state index < -0.39 is 10.2 Å². The Morgan fingerprint density at radius 2 is 2.19 bits per heavy atom. The Bertz CT molecular complexity index is 297. The monoisotopic (exact) mass is 249 g/mol. The molecule has 6 heteroatoms. The van der Waals surface area contributed by atoms with E-state index in [1.807, 2.05) is 20.8 Å². The van der Waals surface area contributed by atoms with E-state index in [2.05, 4.69) is 10.0 Å². The van der Waals surface area contributed by atoms with Gasteiger partial charge in [-0.3, -0.25) is 0 Å². The van der Waals surface area contributed by atoms with Crippen LogP contribution in [0.3, 0.4) is 0 Å². The fraction of sp³-hybridized carbons (Fsp3) is 1.00. The molecule has 16 heavy (non-hydrogen) atoms. The summed E-state index contributed by atoms with van der Waals surface area (Å²) in [5.74, 6) is 0. The summed E-state index contributed by atoms with van der Waals surface area (Å²) in [6.45, 7) is 7.83. The highest BCUT2D eigenvalue weighted by Crippen LogP contribution is 2.13. The third-order valence-electron chi connectivity index (χ3n) is 2.68. The third-order valence-corrected chi connectivity index (χ3v) is 4.63. The van der Waals surface area contributed by atoms with Crippen LogP contribution in [-0.4, -0.2) is 44.4 Å². The summed E-state index contributed by atoms with van der Waals surface area (Å²) in [6.07, 6.45) is 1.98. The van der Waals surface area contributed by atoms with Crippen LogP contribution in [0.1, 0.15) is 33.6 Å². The van der Waals surface area contributed by atoms with Gasteiger partial charge in [-0.2, -0.15) is 17.4 Å². The summed E-state index contributed by atoms with van der Waals surface area (Å²) < 4.78 is 28.3. The van der Waals surface area contributed by atoms with Crippen LogP contribution in [0.25, 0.3) is 0 Å². The summed E-state index contributed by atoms with van der Waals surface area (Å²) in [5.41, 5.74) is 0. The minimum absolute atomic E-state index is 0.0596. The van der Waals surface area contributed by atoms with Gasteiger partial charge in [-0.05, 0) is 33.2 Å². The molecule has 1 saturated heterocycles. The molecule has 1 heterocycles. The van der Waals surface area contributed by atoms with Crippen LogP contribution in [-0.2, 0) is 10.2 Å². The first-order valence-electron chi connectivity index (χ1n) is 5.97. The molecule has 0 amide bonds. The van der Waals surface area contributed by atoms with E-state index in [-0.39, 0.29) is 12.1 Å². The zero-order chi connectivity index (χ0) is 12.2. The van der Waals surface area contributed by atoms with Crippen molar-refractivity contribution in [1.29, 1.82) is 0 Å². The van der Waals surface area contributed by atoms with Crippen LogP contribution in [0.15, 0.2) is 0 Å². The smallest absolute Gasteiger partial charge is 0.279 e. The molecule has 0 spiro atoms. The van der Waals surface area contributed by atoms with Crippen molar-refractivity contribution in [3.05, 3.63) is 0 Å². The molecule has 0 aromatic rings. The SMILES string of the molecule is CCN(C1CCCNC1)S(=O)(=O)NC(C)C. The van der Waals surface area contributed by atoms with Gasteiger partial charge in [-0.15, -0.1) is 0 Å². The number of nitrogens with one attached hydrogen (secondary N) is 2. The second-order valence-electron chi connectivity index (χ2n) is 4.48. The average Bonchev–Trinajstić information content (AvgIpc) is 2.17. The lowest BCUT2D eigenvalue weighted by Gasteiger charge is -2.33. The number of likely N-dealkylation sites (N-methyl/N-ethyl adjacent to an activating group) is 1. The Balaban J connectivity index is 2.71. The quantitative estimate of drug-likeness (QED) is 0.737. The van der Waals surface area contributed by atoms with Crippen molar-refractivity contribution in [3.8, 4) is 0 Å². The van der Waals surface area contributed by atoms with Crippen molar-refractivity contribution in [2.45, 2.75) is 45.7 Å². The van der Waals surface area contributed by atoms with Gasteiger partial charge in [0.1, 0.15) is 0 Å². The van der Waals surface area contributed by atoms with Gasteiger partial charge in [0.2, 0.25) is 0 Å². The largest absolute Gasteiger partial charge is 0.315 e. The van der Waals surface area contributed by atoms with Crippen LogP contribution in [0, 0.1) is 0 Å². The molecule has 0 aromatic carbocycles. The summed E-state index contributed by atoms with van der Waals surface area (Å²) >= 11 is 0. The maximum absolute atomic E-state index is 12.1. The Hall–Kier alpha value is -0.170. The summed E-state index contributed by atoms with van der Waals surface area (Å²) in [6, 6.07) is 0.0330. The van der Waals surface area contributed by atoms with Gasteiger partial charge >= 0.3 is 0 Å². The van der Waals surface area contributed by atoms with Crippen molar-refractivity contribution in [3.63, 3.8) is 0 Å². The Morgan fingerprint density at radius 1 is 1.50 bits per heavy atom. The lowest BCUT2D eigenvalue weighted by molar-refractivity contribution is 0.270. The van der Waals surface area contributed by atoms with Crippen LogP contribution in [0.2, 0.25) is 0 Å². The van der Waals surface area contributed by atoms with E-state index in [0.29, 0.717) is 6.54 Å². The topological polar surface area (TPSA) is 61.4 Å². The maximum atomic E-state index is 12.1. The first kappa shape index (κ1) is 13.9. The van der Waals surface area contributed by atoms with Crippen molar-refractivity contribution in [1.82, 2.24) is 14.3 Å². The molecule has 0 bridgehead atoms. The minimum atomic E-state index is -3.33. The first-order valence-corrected chi connectivity index (χ1v) is 7.41. The van der Waals surface area contributed by atoms with Gasteiger partial charge in [-0.25, -0.2) is 0 Å². The average molecular weight is 249 g/mol. The molecule has 1 fully saturated rings. The molecule has 2 N–H and O–H groups in total. The van der Waals surface area contributed by atoms with Gasteiger partial charge in [0.25, 0.3) is 10.2 Å². The number of piperidine rings is 1. The zero-order valence-electron chi connectivity index (χ0n) is 10.4. The Morgan fingerprint density at radius 3 is 2.62 bits per heavy atom. The van der Waals surface area contributed by atoms with E-state index >= 15 is 0 Å². The summed E-state index contributed by atoms with van der Waals surface area (Å²) in [7, 11) is -3.33. The third kappa shape index (κ3) is 3.69. The molecule has 1 unspecified atom stereocenters. The standard InChI is InChI=1S/C10H23N3O2S/c1-4-13(10-6-5-7-11-8-10)16(14,15)12-9(2)3/h9-12H,4-8H2,1-3H3. The fourth-order valence-electron chi connectivity index (χ4n) is 2.07. The van der Waals surface area contributed by atoms with E-state index in [0.717, 1.165) is 25.9 Å². The second-order valence-corrected chi connectivity index (χ2v) is 6.14. The van der Waals surface area contributed by atoms with Crippen molar-refractivity contribution in [2.24, 2.45) is 0 Å². The lowest BCUT2D eigenvalue weighted by atomic mass is 10.1. The highest BCUT2D eigenvalue weighted by atomic mass is 32.2. The molecule has 0 aromatic heterocycles. The van der Waals surface area contributed by atoms with E-state index in [1.54, 1.807) is 4.31 Å². The molecule has 1 atom stereocenters. The van der Waals surface area contributed by atoms with Crippen molar-refractivity contribution < 1.29 is 8.42 Å². The van der Waals surface area contributed by atoms with Gasteiger partial charge < -0.3 is 5.32 Å². The number of rotatable bonds is 5. The van der Waals surface area contributed by atoms with Crippen molar-refractivity contribution >= 4 is 10.2 Å². The molecule has 5 nitrogen and oxygen atoms in total. The maximum Gasteiger partial charge on any atom is 0.279 e. The van der Waals surface area contributed by atoms with Crippen LogP contribution in [0.4, 0.5) is 0 Å². The normalized spacial score (nSPS) is 22.9. The van der Waals surface area contributed by atoms with E-state index in [9.17, 15) is 8.42 Å². The van der Waals surface area contributed by atoms with E-state index in [4.69, 9.17) is 0 Å². The highest BCUT2D eigenvalue weighted by molar-refractivity contribution is 7.87. The van der Waals surface area contributed by atoms with Gasteiger partial charge in [0, 0.05) is 25.2 Å². The predicted molar refractivity (Wildman–Crippen MR) is 65.5 cm³/mol. The van der Waals surface area contributed by atoms with Gasteiger partial charge in [0.05, 0.1) is 0 Å². The van der Waals surface area contributed by atoms with Gasteiger partial charge in [0.15, 0.2) is 0 Å². The number of nitrogens with zero attached hydrogens (tertiary/aromatic N) is 1. The number of hydrogen-bond acceptors (Lipinski definition) is 3. The van der Waals surface area contributed by atoms with Crippen LogP contribution >= 0.6 is 0 Å². The summed E-state index contributed by atoms with van der Waals surface area (Å²) in [5, 5.41) is 3.24. The molecule has 1 aliphatic rings. The molecule has 0 saturated carbocycles. The van der Waals surface area contributed by atoms with E-state index in [1.165, 1.54) is 0 Å². The minimum Gasteiger partial charge on any atom is -0.315 e. The molecule has 0 radical (unpaired) electrons. The second kappa shape index (κ2) is 5.95. The molecule has 0 aliphatic carbocycles. The van der Waals surface area contributed by atoms with Crippen LogP contribution in [0.5, 0.6) is 0 Å². The molecule has 1 rings (SSSR count). The fourth-order valence-corrected chi connectivity index (χ4v) is 3.71. The lowest BCUT2D eigenvalue weighted by Crippen LogP contribution is -2.53. The molecule has 1 aliphatic heterocycles. The summed E-state index contributed by atoms with van der Waals surface area (Å²) in [4.78, 5) is 0. The van der Waals surface area contributed by atoms with Crippen molar-refractivity contribution in [2.75, 3.05) is 19.6 Å². The number of hydrogen-bond donors (Lipinski definition) is 2. The first-order chi connectivity index (χ1) is 7.47. The molecule has 96 valence electrons. The Labute approximate surface area is 98.8 Å². The molecular weight excluding hydrogens is 226 g/mol. The zero-order valence-corrected chi connectivity index (χ0v) is 11.2. The van der Waals surface area contributed by atoms with Crippen LogP contribution < -0.4 is 10.0 Å².